The molecule has 1 aliphatic carbocycles. The molecule has 0 bridgehead atoms. The number of nitrogens with zero attached hydrogens (tertiary/aromatic N) is 3. The summed E-state index contributed by atoms with van der Waals surface area (Å²) in [6.45, 7) is 0.879. The van der Waals surface area contributed by atoms with Crippen LogP contribution in [0.5, 0.6) is 0 Å². The van der Waals surface area contributed by atoms with E-state index in [2.05, 4.69) is 15.6 Å². The van der Waals surface area contributed by atoms with E-state index in [1.165, 1.54) is 24.2 Å². The second-order valence-electron chi connectivity index (χ2n) is 12.3. The molecule has 0 aromatic heterocycles. The highest BCUT2D eigenvalue weighted by Crippen LogP contribution is 2.44. The third kappa shape index (κ3) is 10.9. The number of carbonyl (C=O) groups excluding carboxylic acids is 5. The van der Waals surface area contributed by atoms with Gasteiger partial charge in [-0.05, 0) is 46.4 Å². The lowest BCUT2D eigenvalue weighted by Gasteiger charge is -2.24. The Kier molecular flexibility index (Phi) is 14.3. The van der Waals surface area contributed by atoms with Crippen molar-refractivity contribution in [2.75, 3.05) is 46.4 Å². The van der Waals surface area contributed by atoms with Gasteiger partial charge in [-0.25, -0.2) is 9.59 Å². The van der Waals surface area contributed by atoms with Gasteiger partial charge in [0, 0.05) is 32.3 Å². The predicted molar refractivity (Wildman–Crippen MR) is 206 cm³/mol. The first kappa shape index (κ1) is 39.4. The number of benzene rings is 4. The molecule has 0 aliphatic heterocycles. The van der Waals surface area contributed by atoms with E-state index in [1.54, 1.807) is 6.92 Å². The Morgan fingerprint density at radius 3 is 1.93 bits per heavy atom. The van der Waals surface area contributed by atoms with Crippen molar-refractivity contribution in [1.82, 2.24) is 20.4 Å². The molecule has 0 spiro atoms. The first-order valence-corrected chi connectivity index (χ1v) is 17.8. The molecule has 0 fully saturated rings. The summed E-state index contributed by atoms with van der Waals surface area (Å²) in [6, 6.07) is 34.5. The fourth-order valence-corrected chi connectivity index (χ4v) is 6.14. The fraction of sp³-hybridized carbons (Fsp3) is 0.238. The van der Waals surface area contributed by atoms with Crippen LogP contribution >= 0.6 is 0 Å². The SMILES string of the molecule is CCOC(=O)CN(CCNC(=O)OCC1c2ccccc2-c2ccccc21)C(=O)CN(C=O)/C=C\C(=NC)NC(=O)OC(c1ccccc1)c1ccccc1. The largest absolute Gasteiger partial charge is 0.465 e. The predicted octanol–water partition coefficient (Wildman–Crippen LogP) is 5.43. The molecule has 0 radical (unpaired) electrons. The monoisotopic (exact) mass is 745 g/mol. The number of aliphatic imine (C=N–C) groups is 1. The van der Waals surface area contributed by atoms with Gasteiger partial charge in [-0.1, -0.05) is 109 Å². The average molecular weight is 746 g/mol. The number of fused-ring (bicyclic) bond motifs is 3. The van der Waals surface area contributed by atoms with Crippen LogP contribution in [0.4, 0.5) is 9.59 Å². The molecule has 0 saturated carbocycles. The van der Waals surface area contributed by atoms with Crippen molar-refractivity contribution < 1.29 is 38.2 Å². The first-order valence-electron chi connectivity index (χ1n) is 17.8. The Labute approximate surface area is 319 Å². The number of alkyl carbamates (subject to hydrolysis) is 2. The number of amidine groups is 1. The third-order valence-electron chi connectivity index (χ3n) is 8.75. The van der Waals surface area contributed by atoms with E-state index in [-0.39, 0.29) is 38.1 Å². The van der Waals surface area contributed by atoms with Crippen molar-refractivity contribution >= 4 is 36.3 Å². The number of rotatable bonds is 16. The van der Waals surface area contributed by atoms with Crippen LogP contribution in [-0.2, 0) is 28.6 Å². The van der Waals surface area contributed by atoms with Gasteiger partial charge in [0.05, 0.1) is 6.61 Å². The van der Waals surface area contributed by atoms with Crippen LogP contribution in [0.1, 0.15) is 41.2 Å². The summed E-state index contributed by atoms with van der Waals surface area (Å²) in [5.74, 6) is -1.32. The molecular weight excluding hydrogens is 702 g/mol. The van der Waals surface area contributed by atoms with E-state index in [1.807, 2.05) is 109 Å². The molecule has 13 heteroatoms. The molecule has 5 rings (SSSR count). The van der Waals surface area contributed by atoms with E-state index in [4.69, 9.17) is 14.2 Å². The Balaban J connectivity index is 1.14. The van der Waals surface area contributed by atoms with E-state index in [0.29, 0.717) is 6.41 Å². The van der Waals surface area contributed by atoms with Crippen LogP contribution in [-0.4, -0.2) is 92.5 Å². The second-order valence-corrected chi connectivity index (χ2v) is 12.3. The van der Waals surface area contributed by atoms with E-state index < -0.39 is 43.3 Å². The molecule has 0 atom stereocenters. The quantitative estimate of drug-likeness (QED) is 0.0506. The summed E-state index contributed by atoms with van der Waals surface area (Å²) < 4.78 is 16.4. The normalized spacial score (nSPS) is 12.0. The highest BCUT2D eigenvalue weighted by Gasteiger charge is 2.29. The van der Waals surface area contributed by atoms with Crippen LogP contribution in [0, 0.1) is 0 Å². The van der Waals surface area contributed by atoms with Gasteiger partial charge >= 0.3 is 18.2 Å². The van der Waals surface area contributed by atoms with Gasteiger partial charge in [0.1, 0.15) is 25.5 Å². The van der Waals surface area contributed by atoms with Crippen LogP contribution in [0.25, 0.3) is 11.1 Å². The molecule has 4 aromatic carbocycles. The van der Waals surface area contributed by atoms with E-state index in [0.717, 1.165) is 38.3 Å². The van der Waals surface area contributed by atoms with Crippen molar-refractivity contribution in [3.8, 4) is 11.1 Å². The second kappa shape index (κ2) is 19.9. The number of amides is 4. The third-order valence-corrected chi connectivity index (χ3v) is 8.75. The maximum atomic E-state index is 13.4. The van der Waals surface area contributed by atoms with Gasteiger partial charge in [-0.15, -0.1) is 0 Å². The molecule has 13 nitrogen and oxygen atoms in total. The molecule has 4 amide bonds. The molecule has 0 unspecified atom stereocenters. The number of carbonyl (C=O) groups is 5. The van der Waals surface area contributed by atoms with Crippen LogP contribution < -0.4 is 10.6 Å². The van der Waals surface area contributed by atoms with Crippen molar-refractivity contribution in [1.29, 1.82) is 0 Å². The molecule has 284 valence electrons. The smallest absolute Gasteiger partial charge is 0.413 e. The molecule has 0 heterocycles. The zero-order valence-corrected chi connectivity index (χ0v) is 30.6. The van der Waals surface area contributed by atoms with Crippen LogP contribution in [0.2, 0.25) is 0 Å². The topological polar surface area (TPSA) is 156 Å². The molecular formula is C42H43N5O8. The van der Waals surface area contributed by atoms with Crippen molar-refractivity contribution in [2.45, 2.75) is 18.9 Å². The zero-order chi connectivity index (χ0) is 39.0. The van der Waals surface area contributed by atoms with Gasteiger partial charge < -0.3 is 29.3 Å². The maximum absolute atomic E-state index is 13.4. The molecule has 1 aliphatic rings. The standard InChI is InChI=1S/C42H43N5O8/c1-3-53-39(50)27-47(25-23-44-41(51)54-28-36-34-20-12-10-18-32(34)33-19-11-13-21-35(33)36)38(49)26-46(29-48)24-22-37(43-2)45-42(52)55-40(30-14-6-4-7-15-30)31-16-8-5-9-17-31/h4-22,24,29,36,40H,3,23,25-28H2,1-2H3,(H,44,51)(H,43,45,52)/b24-22-. The van der Waals surface area contributed by atoms with Crippen LogP contribution in [0.15, 0.2) is 126 Å². The highest BCUT2D eigenvalue weighted by atomic mass is 16.6. The number of esters is 1. The first-order chi connectivity index (χ1) is 26.8. The summed E-state index contributed by atoms with van der Waals surface area (Å²) in [6.07, 6.45) is 0.838. The van der Waals surface area contributed by atoms with Gasteiger partial charge in [-0.2, -0.15) is 0 Å². The van der Waals surface area contributed by atoms with Crippen LogP contribution in [0.3, 0.4) is 0 Å². The Hall–Kier alpha value is -6.76. The minimum atomic E-state index is -0.791. The van der Waals surface area contributed by atoms with Gasteiger partial charge in [0.15, 0.2) is 6.10 Å². The number of hydrogen-bond acceptors (Lipinski definition) is 9. The Morgan fingerprint density at radius 2 is 1.36 bits per heavy atom. The van der Waals surface area contributed by atoms with Gasteiger partial charge in [-0.3, -0.25) is 24.7 Å². The summed E-state index contributed by atoms with van der Waals surface area (Å²) in [7, 11) is 1.44. The van der Waals surface area contributed by atoms with Crippen molar-refractivity contribution in [2.24, 2.45) is 4.99 Å². The van der Waals surface area contributed by atoms with Crippen molar-refractivity contribution in [3.63, 3.8) is 0 Å². The highest BCUT2D eigenvalue weighted by molar-refractivity contribution is 6.02. The average Bonchev–Trinajstić information content (AvgIpc) is 3.53. The minimum Gasteiger partial charge on any atom is -0.465 e. The molecule has 55 heavy (non-hydrogen) atoms. The van der Waals surface area contributed by atoms with E-state index >= 15 is 0 Å². The summed E-state index contributed by atoms with van der Waals surface area (Å²) in [4.78, 5) is 69.7. The summed E-state index contributed by atoms with van der Waals surface area (Å²) in [5.41, 5.74) is 5.88. The maximum Gasteiger partial charge on any atom is 0.413 e. The summed E-state index contributed by atoms with van der Waals surface area (Å²) in [5, 5.41) is 5.20. The number of hydrogen-bond donors (Lipinski definition) is 2. The number of ether oxygens (including phenoxy) is 3. The van der Waals surface area contributed by atoms with Crippen molar-refractivity contribution in [3.05, 3.63) is 144 Å². The zero-order valence-electron chi connectivity index (χ0n) is 30.6. The number of nitrogens with one attached hydrogen (secondary N) is 2. The summed E-state index contributed by atoms with van der Waals surface area (Å²) >= 11 is 0. The van der Waals surface area contributed by atoms with E-state index in [9.17, 15) is 24.0 Å². The Morgan fingerprint density at radius 1 is 0.782 bits per heavy atom. The lowest BCUT2D eigenvalue weighted by molar-refractivity contribution is -0.149. The lowest BCUT2D eigenvalue weighted by Crippen LogP contribution is -2.45. The molecule has 2 N–H and O–H groups in total. The lowest BCUT2D eigenvalue weighted by atomic mass is 9.98. The minimum absolute atomic E-state index is 0.0373. The Bertz CT molecular complexity index is 1920. The molecule has 4 aromatic rings. The van der Waals surface area contributed by atoms with Gasteiger partial charge in [0.25, 0.3) is 0 Å². The molecule has 0 saturated heterocycles. The fourth-order valence-electron chi connectivity index (χ4n) is 6.14. The van der Waals surface area contributed by atoms with Gasteiger partial charge in [0.2, 0.25) is 12.3 Å².